The Labute approximate surface area is 190 Å². The standard InChI is InChI=1S/C23H27F3N4O3/c1-16(2)20(28-22(32)33-15-17-6-4-3-5-7-17)21(31)30-12-10-29(11-13-30)19-9-8-18(14-27-19)23(24,25)26/h3-9,14,16,20H,10-13,15H2,1-2H3,(H,28,32). The maximum absolute atomic E-state index is 13.0. The van der Waals surface area contributed by atoms with Crippen LogP contribution in [0.2, 0.25) is 0 Å². The molecule has 2 amide bonds. The first-order valence-corrected chi connectivity index (χ1v) is 10.7. The molecule has 0 bridgehead atoms. The van der Waals surface area contributed by atoms with Crippen molar-refractivity contribution in [2.24, 2.45) is 5.92 Å². The third-order valence-corrected chi connectivity index (χ3v) is 5.41. The van der Waals surface area contributed by atoms with Crippen LogP contribution in [0.25, 0.3) is 0 Å². The Kier molecular flexibility index (Phi) is 7.78. The van der Waals surface area contributed by atoms with Crippen LogP contribution in [0.4, 0.5) is 23.8 Å². The molecule has 1 aliphatic rings. The zero-order valence-electron chi connectivity index (χ0n) is 18.5. The largest absolute Gasteiger partial charge is 0.445 e. The van der Waals surface area contributed by atoms with E-state index in [1.807, 2.05) is 49.1 Å². The molecule has 1 unspecified atom stereocenters. The van der Waals surface area contributed by atoms with Crippen molar-refractivity contribution in [3.8, 4) is 0 Å². The van der Waals surface area contributed by atoms with Crippen LogP contribution < -0.4 is 10.2 Å². The number of ether oxygens (including phenoxy) is 1. The Balaban J connectivity index is 1.53. The summed E-state index contributed by atoms with van der Waals surface area (Å²) in [5, 5.41) is 2.66. The molecule has 1 saturated heterocycles. The van der Waals surface area contributed by atoms with Gasteiger partial charge in [0.15, 0.2) is 0 Å². The van der Waals surface area contributed by atoms with Gasteiger partial charge in [-0.2, -0.15) is 13.2 Å². The Morgan fingerprint density at radius 1 is 1.06 bits per heavy atom. The first kappa shape index (κ1) is 24.3. The summed E-state index contributed by atoms with van der Waals surface area (Å²) in [5.41, 5.74) is 0.0399. The molecule has 1 fully saturated rings. The Morgan fingerprint density at radius 2 is 1.73 bits per heavy atom. The normalized spacial score (nSPS) is 15.3. The van der Waals surface area contributed by atoms with E-state index in [1.54, 1.807) is 4.90 Å². The van der Waals surface area contributed by atoms with Crippen LogP contribution in [0.5, 0.6) is 0 Å². The Hall–Kier alpha value is -3.30. The summed E-state index contributed by atoms with van der Waals surface area (Å²) in [4.78, 5) is 32.7. The van der Waals surface area contributed by atoms with Crippen LogP contribution in [-0.2, 0) is 22.3 Å². The minimum absolute atomic E-state index is 0.102. The number of hydrogen-bond donors (Lipinski definition) is 1. The monoisotopic (exact) mass is 464 g/mol. The number of alkyl halides is 3. The number of carbonyl (C=O) groups is 2. The summed E-state index contributed by atoms with van der Waals surface area (Å²) in [5.74, 6) is 0.0520. The minimum Gasteiger partial charge on any atom is -0.445 e. The summed E-state index contributed by atoms with van der Waals surface area (Å²) < 4.78 is 43.4. The third kappa shape index (κ3) is 6.59. The number of amides is 2. The summed E-state index contributed by atoms with van der Waals surface area (Å²) in [7, 11) is 0. The van der Waals surface area contributed by atoms with Gasteiger partial charge in [-0.15, -0.1) is 0 Å². The maximum atomic E-state index is 13.0. The number of rotatable bonds is 6. The zero-order chi connectivity index (χ0) is 24.0. The van der Waals surface area contributed by atoms with Crippen LogP contribution in [0.15, 0.2) is 48.7 Å². The van der Waals surface area contributed by atoms with Crippen LogP contribution in [0, 0.1) is 5.92 Å². The summed E-state index contributed by atoms with van der Waals surface area (Å²) in [6.07, 6.45) is -4.29. The van der Waals surface area contributed by atoms with Gasteiger partial charge in [0.1, 0.15) is 18.5 Å². The van der Waals surface area contributed by atoms with Gasteiger partial charge in [-0.1, -0.05) is 44.2 Å². The molecule has 1 aromatic carbocycles. The van der Waals surface area contributed by atoms with E-state index in [4.69, 9.17) is 4.74 Å². The number of benzene rings is 1. The van der Waals surface area contributed by atoms with Gasteiger partial charge in [-0.25, -0.2) is 9.78 Å². The lowest BCUT2D eigenvalue weighted by atomic mass is 10.0. The second kappa shape index (κ2) is 10.5. The van der Waals surface area contributed by atoms with Crippen LogP contribution in [-0.4, -0.2) is 54.1 Å². The van der Waals surface area contributed by atoms with E-state index in [9.17, 15) is 22.8 Å². The van der Waals surface area contributed by atoms with Gasteiger partial charge in [0.05, 0.1) is 5.56 Å². The fourth-order valence-electron chi connectivity index (χ4n) is 3.50. The SMILES string of the molecule is CC(C)C(NC(=O)OCc1ccccc1)C(=O)N1CCN(c2ccc(C(F)(F)F)cn2)CC1. The highest BCUT2D eigenvalue weighted by atomic mass is 19.4. The first-order valence-electron chi connectivity index (χ1n) is 10.7. The lowest BCUT2D eigenvalue weighted by molar-refractivity contribution is -0.138. The fraction of sp³-hybridized carbons (Fsp3) is 0.435. The van der Waals surface area contributed by atoms with E-state index in [0.717, 1.165) is 17.8 Å². The second-order valence-electron chi connectivity index (χ2n) is 8.14. The number of piperazine rings is 1. The topological polar surface area (TPSA) is 74.8 Å². The van der Waals surface area contributed by atoms with Crippen molar-refractivity contribution in [3.63, 3.8) is 0 Å². The molecule has 0 saturated carbocycles. The smallest absolute Gasteiger partial charge is 0.417 e. The average molecular weight is 464 g/mol. The number of nitrogens with one attached hydrogen (secondary N) is 1. The van der Waals surface area contributed by atoms with Crippen molar-refractivity contribution in [1.82, 2.24) is 15.2 Å². The number of halogens is 3. The highest BCUT2D eigenvalue weighted by Crippen LogP contribution is 2.29. The molecule has 1 aromatic heterocycles. The maximum Gasteiger partial charge on any atom is 0.417 e. The molecule has 178 valence electrons. The molecule has 2 aromatic rings. The van der Waals surface area contributed by atoms with Crippen LogP contribution >= 0.6 is 0 Å². The van der Waals surface area contributed by atoms with Crippen molar-refractivity contribution in [2.45, 2.75) is 32.7 Å². The Bertz CT molecular complexity index is 928. The summed E-state index contributed by atoms with van der Waals surface area (Å²) in [6, 6.07) is 10.8. The van der Waals surface area contributed by atoms with Gasteiger partial charge in [-0.3, -0.25) is 4.79 Å². The number of carbonyl (C=O) groups excluding carboxylic acids is 2. The highest BCUT2D eigenvalue weighted by molar-refractivity contribution is 5.86. The van der Waals surface area contributed by atoms with Gasteiger partial charge in [0.2, 0.25) is 5.91 Å². The van der Waals surface area contributed by atoms with E-state index >= 15 is 0 Å². The van der Waals surface area contributed by atoms with E-state index in [1.165, 1.54) is 6.07 Å². The predicted octanol–water partition coefficient (Wildman–Crippen LogP) is 3.70. The Morgan fingerprint density at radius 3 is 2.27 bits per heavy atom. The molecule has 2 heterocycles. The van der Waals surface area contributed by atoms with E-state index < -0.39 is 23.9 Å². The first-order chi connectivity index (χ1) is 15.6. The van der Waals surface area contributed by atoms with Crippen LogP contribution in [0.3, 0.4) is 0 Å². The molecule has 1 atom stereocenters. The van der Waals surface area contributed by atoms with Gasteiger partial charge >= 0.3 is 12.3 Å². The molecule has 1 N–H and O–H groups in total. The van der Waals surface area contributed by atoms with Crippen molar-refractivity contribution >= 4 is 17.8 Å². The molecule has 0 radical (unpaired) electrons. The fourth-order valence-corrected chi connectivity index (χ4v) is 3.50. The third-order valence-electron chi connectivity index (χ3n) is 5.41. The van der Waals surface area contributed by atoms with Crippen molar-refractivity contribution in [2.75, 3.05) is 31.1 Å². The van der Waals surface area contributed by atoms with E-state index in [2.05, 4.69) is 10.3 Å². The predicted molar refractivity (Wildman–Crippen MR) is 116 cm³/mol. The number of aromatic nitrogens is 1. The molecular weight excluding hydrogens is 437 g/mol. The minimum atomic E-state index is -4.43. The zero-order valence-corrected chi connectivity index (χ0v) is 18.5. The van der Waals surface area contributed by atoms with Crippen molar-refractivity contribution in [1.29, 1.82) is 0 Å². The number of hydrogen-bond acceptors (Lipinski definition) is 5. The summed E-state index contributed by atoms with van der Waals surface area (Å²) >= 11 is 0. The van der Waals surface area contributed by atoms with E-state index in [0.29, 0.717) is 32.0 Å². The number of nitrogens with zero attached hydrogens (tertiary/aromatic N) is 3. The molecule has 0 spiro atoms. The quantitative estimate of drug-likeness (QED) is 0.706. The lowest BCUT2D eigenvalue weighted by Crippen LogP contribution is -2.56. The second-order valence-corrected chi connectivity index (χ2v) is 8.14. The molecule has 0 aliphatic carbocycles. The average Bonchev–Trinajstić information content (AvgIpc) is 2.81. The van der Waals surface area contributed by atoms with E-state index in [-0.39, 0.29) is 18.4 Å². The number of alkyl carbamates (subject to hydrolysis) is 1. The van der Waals surface area contributed by atoms with Crippen molar-refractivity contribution in [3.05, 3.63) is 59.8 Å². The highest BCUT2D eigenvalue weighted by Gasteiger charge is 2.33. The molecular formula is C23H27F3N4O3. The van der Waals surface area contributed by atoms with Gasteiger partial charge in [0.25, 0.3) is 0 Å². The molecule has 7 nitrogen and oxygen atoms in total. The molecule has 33 heavy (non-hydrogen) atoms. The van der Waals surface area contributed by atoms with Crippen LogP contribution in [0.1, 0.15) is 25.0 Å². The summed E-state index contributed by atoms with van der Waals surface area (Å²) in [6.45, 7) is 5.35. The number of pyridine rings is 1. The van der Waals surface area contributed by atoms with Gasteiger partial charge in [-0.05, 0) is 23.6 Å². The van der Waals surface area contributed by atoms with Crippen molar-refractivity contribution < 1.29 is 27.5 Å². The van der Waals surface area contributed by atoms with Gasteiger partial charge in [0, 0.05) is 32.4 Å². The number of anilines is 1. The van der Waals surface area contributed by atoms with Gasteiger partial charge < -0.3 is 19.9 Å². The molecule has 1 aliphatic heterocycles. The lowest BCUT2D eigenvalue weighted by Gasteiger charge is -2.37. The molecule has 3 rings (SSSR count). The molecule has 10 heteroatoms.